The van der Waals surface area contributed by atoms with Gasteiger partial charge in [-0.2, -0.15) is 4.98 Å². The van der Waals surface area contributed by atoms with E-state index in [1.807, 2.05) is 6.92 Å². The number of nitrogens with zero attached hydrogens (tertiary/aromatic N) is 6. The number of nitrogens with two attached hydrogens (primary N) is 1. The Morgan fingerprint density at radius 1 is 1.45 bits per heavy atom. The number of aromatic nitrogens is 5. The van der Waals surface area contributed by atoms with Crippen molar-refractivity contribution in [3.63, 3.8) is 0 Å². The number of nitrogens with one attached hydrogen (secondary N) is 1. The predicted octanol–water partition coefficient (Wildman–Crippen LogP) is 1.07. The van der Waals surface area contributed by atoms with E-state index in [0.29, 0.717) is 0 Å². The zero-order valence-electron chi connectivity index (χ0n) is 12.1. The van der Waals surface area contributed by atoms with E-state index in [9.17, 15) is 10.1 Å². The monoisotopic (exact) mass is 304 g/mol. The van der Waals surface area contributed by atoms with Crippen molar-refractivity contribution in [2.24, 2.45) is 0 Å². The molecule has 1 atom stereocenters. The van der Waals surface area contributed by atoms with Gasteiger partial charge in [-0.05, 0) is 19.8 Å². The molecule has 3 N–H and O–H groups in total. The van der Waals surface area contributed by atoms with E-state index >= 15 is 0 Å². The van der Waals surface area contributed by atoms with Gasteiger partial charge in [0.1, 0.15) is 12.0 Å². The van der Waals surface area contributed by atoms with Gasteiger partial charge in [-0.25, -0.2) is 4.98 Å². The highest BCUT2D eigenvalue weighted by molar-refractivity contribution is 5.53. The van der Waals surface area contributed by atoms with E-state index in [2.05, 4.69) is 30.0 Å². The van der Waals surface area contributed by atoms with Crippen LogP contribution in [0.4, 0.5) is 17.5 Å². The largest absolute Gasteiger partial charge is 0.378 e. The van der Waals surface area contributed by atoms with E-state index in [1.54, 1.807) is 0 Å². The number of aryl methyl sites for hydroxylation is 1. The molecule has 0 saturated carbocycles. The van der Waals surface area contributed by atoms with Gasteiger partial charge in [0, 0.05) is 13.0 Å². The molecule has 0 fully saturated rings. The molecule has 2 aromatic rings. The Labute approximate surface area is 125 Å². The maximum Gasteiger partial charge on any atom is 0.329 e. The normalized spacial score (nSPS) is 15.1. The lowest BCUT2D eigenvalue weighted by Crippen LogP contribution is -2.19. The summed E-state index contributed by atoms with van der Waals surface area (Å²) in [6, 6.07) is -0.180. The number of anilines is 2. The molecule has 0 aromatic carbocycles. The van der Waals surface area contributed by atoms with Gasteiger partial charge in [-0.1, -0.05) is 0 Å². The summed E-state index contributed by atoms with van der Waals surface area (Å²) in [5.41, 5.74) is 5.25. The maximum atomic E-state index is 10.7. The lowest BCUT2D eigenvalue weighted by Gasteiger charge is -2.18. The van der Waals surface area contributed by atoms with Crippen LogP contribution in [0.3, 0.4) is 0 Å². The van der Waals surface area contributed by atoms with Crippen LogP contribution in [0.5, 0.6) is 0 Å². The van der Waals surface area contributed by atoms with Crippen LogP contribution in [0.15, 0.2) is 6.20 Å². The molecule has 0 saturated heterocycles. The van der Waals surface area contributed by atoms with Gasteiger partial charge in [0.15, 0.2) is 5.82 Å². The summed E-state index contributed by atoms with van der Waals surface area (Å²) in [6.07, 6.45) is 4.26. The van der Waals surface area contributed by atoms with Gasteiger partial charge in [0.25, 0.3) is 0 Å². The molecule has 3 rings (SSSR count). The molecule has 0 amide bonds. The van der Waals surface area contributed by atoms with Crippen LogP contribution in [0.1, 0.15) is 37.5 Å². The van der Waals surface area contributed by atoms with Crippen molar-refractivity contribution in [1.29, 1.82) is 0 Å². The van der Waals surface area contributed by atoms with Crippen LogP contribution < -0.4 is 11.1 Å². The number of rotatable bonds is 4. The minimum Gasteiger partial charge on any atom is -0.378 e. The second kappa shape index (κ2) is 5.54. The zero-order valence-corrected chi connectivity index (χ0v) is 12.1. The summed E-state index contributed by atoms with van der Waals surface area (Å²) in [6.45, 7) is 2.81. The highest BCUT2D eigenvalue weighted by atomic mass is 16.6. The molecule has 0 radical (unpaired) electrons. The first kappa shape index (κ1) is 14.2. The first-order valence-corrected chi connectivity index (χ1v) is 7.01. The Morgan fingerprint density at radius 2 is 2.27 bits per heavy atom. The average Bonchev–Trinajstić information content (AvgIpc) is 2.91. The van der Waals surface area contributed by atoms with Crippen molar-refractivity contribution in [3.05, 3.63) is 28.0 Å². The number of hydrogen-bond acceptors (Lipinski definition) is 8. The molecule has 1 aliphatic rings. The minimum absolute atomic E-state index is 0.169. The Bertz CT molecular complexity index is 713. The fourth-order valence-corrected chi connectivity index (χ4v) is 2.51. The highest BCUT2D eigenvalue weighted by Crippen LogP contribution is 2.23. The van der Waals surface area contributed by atoms with Crippen LogP contribution in [0.25, 0.3) is 0 Å². The number of nitro groups is 1. The molecule has 1 unspecified atom stereocenters. The second-order valence-electron chi connectivity index (χ2n) is 5.17. The van der Waals surface area contributed by atoms with Gasteiger partial charge in [0.05, 0.1) is 11.0 Å². The maximum absolute atomic E-state index is 10.7. The second-order valence-corrected chi connectivity index (χ2v) is 5.17. The standard InChI is InChI=1S/C12H16N8O2/c1-7(11-18-17-9-4-2-3-5-19(9)11)15-12-14-6-8(20(21)22)10(13)16-12/h6-7H,2-5H2,1H3,(H3,13,14,15,16). The van der Waals surface area contributed by atoms with Crippen molar-refractivity contribution in [1.82, 2.24) is 24.7 Å². The summed E-state index contributed by atoms with van der Waals surface area (Å²) in [4.78, 5) is 17.9. The molecule has 0 bridgehead atoms. The van der Waals surface area contributed by atoms with Crippen molar-refractivity contribution in [2.75, 3.05) is 11.1 Å². The van der Waals surface area contributed by atoms with E-state index in [1.165, 1.54) is 0 Å². The van der Waals surface area contributed by atoms with Crippen LogP contribution in [-0.2, 0) is 13.0 Å². The number of nitrogen functional groups attached to an aromatic ring is 1. The molecular weight excluding hydrogens is 288 g/mol. The van der Waals surface area contributed by atoms with Crippen LogP contribution >= 0.6 is 0 Å². The molecule has 0 aliphatic carbocycles. The minimum atomic E-state index is -0.614. The smallest absolute Gasteiger partial charge is 0.329 e. The number of hydrogen-bond donors (Lipinski definition) is 2. The lowest BCUT2D eigenvalue weighted by molar-refractivity contribution is -0.384. The van der Waals surface area contributed by atoms with E-state index in [-0.39, 0.29) is 23.5 Å². The molecule has 22 heavy (non-hydrogen) atoms. The van der Waals surface area contributed by atoms with Crippen LogP contribution in [0.2, 0.25) is 0 Å². The van der Waals surface area contributed by atoms with E-state index in [0.717, 1.165) is 43.7 Å². The first-order chi connectivity index (χ1) is 10.6. The summed E-state index contributed by atoms with van der Waals surface area (Å²) < 4.78 is 2.09. The molecule has 116 valence electrons. The SMILES string of the molecule is CC(Nc1ncc([N+](=O)[O-])c(N)n1)c1nnc2n1CCCC2. The van der Waals surface area contributed by atoms with E-state index in [4.69, 9.17) is 5.73 Å². The average molecular weight is 304 g/mol. The molecule has 0 spiro atoms. The third kappa shape index (κ3) is 2.54. The molecule has 2 aromatic heterocycles. The van der Waals surface area contributed by atoms with Crippen molar-refractivity contribution in [3.8, 4) is 0 Å². The number of fused-ring (bicyclic) bond motifs is 1. The van der Waals surface area contributed by atoms with Gasteiger partial charge in [0.2, 0.25) is 11.8 Å². The predicted molar refractivity (Wildman–Crippen MR) is 78.1 cm³/mol. The third-order valence-corrected chi connectivity index (χ3v) is 3.62. The van der Waals surface area contributed by atoms with Gasteiger partial charge in [-0.15, -0.1) is 10.2 Å². The summed E-state index contributed by atoms with van der Waals surface area (Å²) in [5.74, 6) is 1.84. The molecular formula is C12H16N8O2. The fourth-order valence-electron chi connectivity index (χ4n) is 2.51. The fraction of sp³-hybridized carbons (Fsp3) is 0.500. The van der Waals surface area contributed by atoms with Crippen molar-refractivity contribution >= 4 is 17.5 Å². The molecule has 1 aliphatic heterocycles. The topological polar surface area (TPSA) is 138 Å². The van der Waals surface area contributed by atoms with Crippen molar-refractivity contribution in [2.45, 2.75) is 38.8 Å². The molecule has 10 nitrogen and oxygen atoms in total. The highest BCUT2D eigenvalue weighted by Gasteiger charge is 2.21. The van der Waals surface area contributed by atoms with Gasteiger partial charge < -0.3 is 15.6 Å². The Morgan fingerprint density at radius 3 is 3.00 bits per heavy atom. The third-order valence-electron chi connectivity index (χ3n) is 3.62. The van der Waals surface area contributed by atoms with E-state index < -0.39 is 4.92 Å². The van der Waals surface area contributed by atoms with Crippen LogP contribution in [0, 0.1) is 10.1 Å². The Kier molecular flexibility index (Phi) is 3.57. The quantitative estimate of drug-likeness (QED) is 0.631. The Balaban J connectivity index is 1.80. The molecule has 3 heterocycles. The van der Waals surface area contributed by atoms with Crippen LogP contribution in [-0.4, -0.2) is 29.7 Å². The Hall–Kier alpha value is -2.78. The van der Waals surface area contributed by atoms with Gasteiger partial charge >= 0.3 is 5.69 Å². The summed E-state index contributed by atoms with van der Waals surface area (Å²) in [7, 11) is 0. The first-order valence-electron chi connectivity index (χ1n) is 7.01. The summed E-state index contributed by atoms with van der Waals surface area (Å²) in [5, 5.41) is 22.2. The van der Waals surface area contributed by atoms with Gasteiger partial charge in [-0.3, -0.25) is 10.1 Å². The summed E-state index contributed by atoms with van der Waals surface area (Å²) >= 11 is 0. The zero-order chi connectivity index (χ0) is 15.7. The molecule has 10 heteroatoms. The van der Waals surface area contributed by atoms with Crippen molar-refractivity contribution < 1.29 is 4.92 Å². The lowest BCUT2D eigenvalue weighted by atomic mass is 10.1.